The van der Waals surface area contributed by atoms with Crippen LogP contribution in [0.3, 0.4) is 0 Å². The molecule has 7 amide bonds. The summed E-state index contributed by atoms with van der Waals surface area (Å²) < 4.78 is 67.5. The van der Waals surface area contributed by atoms with Crippen LogP contribution in [0.5, 0.6) is 46.0 Å². The third kappa shape index (κ3) is 19.3. The molecule has 0 radical (unpaired) electrons. The molecule has 8 heterocycles. The Morgan fingerprint density at radius 3 is 2.02 bits per heavy atom. The van der Waals surface area contributed by atoms with Gasteiger partial charge in [-0.2, -0.15) is 0 Å². The van der Waals surface area contributed by atoms with Crippen molar-refractivity contribution in [2.75, 3.05) is 25.9 Å². The van der Waals surface area contributed by atoms with Crippen molar-refractivity contribution in [3.63, 3.8) is 0 Å². The minimum Gasteiger partial charge on any atom is -0.507 e. The zero-order valence-corrected chi connectivity index (χ0v) is 65.6. The summed E-state index contributed by atoms with van der Waals surface area (Å²) in [5.74, 6) is -16.6. The number of halogens is 1. The number of ether oxygens (including phenoxy) is 6. The average molecular weight is 1660 g/mol. The Morgan fingerprint density at radius 2 is 1.35 bits per heavy atom. The minimum atomic E-state index is -3.75. The van der Waals surface area contributed by atoms with Crippen molar-refractivity contribution in [2.24, 2.45) is 17.4 Å². The number of sulfonamides is 1. The Bertz CT molecular complexity index is 4680. The number of aromatic hydroxyl groups is 3. The summed E-state index contributed by atoms with van der Waals surface area (Å²) in [6.45, 7) is 7.89. The van der Waals surface area contributed by atoms with Crippen molar-refractivity contribution in [3.8, 4) is 57.1 Å². The smallest absolute Gasteiger partial charge is 0.330 e. The molecule has 8 aliphatic rings. The predicted molar refractivity (Wildman–Crippen MR) is 409 cm³/mol. The molecule has 14 bridgehead atoms. The molecule has 5 aromatic rings. The van der Waals surface area contributed by atoms with Crippen LogP contribution in [0.1, 0.15) is 168 Å². The molecule has 0 aromatic heterocycles. The number of carboxylic acid groups (broad SMARTS) is 1. The van der Waals surface area contributed by atoms with Gasteiger partial charge in [0.15, 0.2) is 29.9 Å². The number of primary amides is 1. The zero-order valence-electron chi connectivity index (χ0n) is 64.0. The van der Waals surface area contributed by atoms with E-state index < -0.39 is 264 Å². The minimum absolute atomic E-state index is 0.113. The highest BCUT2D eigenvalue weighted by Crippen LogP contribution is 2.52. The number of carboxylic acids is 1. The van der Waals surface area contributed by atoms with Gasteiger partial charge in [0.1, 0.15) is 95.6 Å². The molecule has 0 saturated carbocycles. The SMILES string of the molecule is CCCCCCCCS(=O)(=O)NCCNCc1c(O)cc2c(c1O)-c1cc(ccc1O)[C@H]1NC(=O)[C@@H]3NC(=O)[C@H](CC(N)=O)NC(=O)[C@H](NC(=O)[C@@H](CC(C)C)NC)[C@H](O)c4ccc5c(c4)C(O)[C@H]4O[C@@H](Oc6c(cc3cc6O5)Oc3ccc(cc3Cl)[C@@H](O)[C@H](NC1=O)C(=O)N[C@@H]2C(=O)O)[C@H](O[C@H]1C[C@](C)(N)[C@H](O)[C@H](C)O1)[C@@H](O)[C@@H]4O. The molecule has 39 heteroatoms. The molecule has 0 spiro atoms. The summed E-state index contributed by atoms with van der Waals surface area (Å²) in [6, 6.07) is -1.95. The van der Waals surface area contributed by atoms with Crippen LogP contribution in [0, 0.1) is 5.92 Å². The highest BCUT2D eigenvalue weighted by molar-refractivity contribution is 7.89. The Balaban J connectivity index is 1.11. The maximum atomic E-state index is 16.3. The first-order valence-corrected chi connectivity index (χ1v) is 40.0. The highest BCUT2D eigenvalue weighted by Gasteiger charge is 2.54. The lowest BCUT2D eigenvalue weighted by molar-refractivity contribution is -0.339. The number of hydrogen-bond donors (Lipinski definition) is 21. The number of phenols is 3. The fraction of sp³-hybridized carbons (Fsp3) is 0.506. The number of benzene rings is 5. The summed E-state index contributed by atoms with van der Waals surface area (Å²) in [7, 11) is -2.29. The van der Waals surface area contributed by atoms with Gasteiger partial charge in [0.05, 0.1) is 41.0 Å². The Labute approximate surface area is 670 Å². The van der Waals surface area contributed by atoms with E-state index in [0.29, 0.717) is 12.8 Å². The van der Waals surface area contributed by atoms with Crippen LogP contribution in [0.4, 0.5) is 0 Å². The molecule has 2 fully saturated rings. The van der Waals surface area contributed by atoms with E-state index in [2.05, 4.69) is 54.2 Å². The van der Waals surface area contributed by atoms with Crippen molar-refractivity contribution in [1.29, 1.82) is 0 Å². The predicted octanol–water partition coefficient (Wildman–Crippen LogP) is 0.877. The van der Waals surface area contributed by atoms with Crippen LogP contribution in [0.2, 0.25) is 5.02 Å². The monoisotopic (exact) mass is 1660 g/mol. The van der Waals surface area contributed by atoms with E-state index in [9.17, 15) is 73.9 Å². The summed E-state index contributed by atoms with van der Waals surface area (Å²) in [5, 5.41) is 141. The number of carbonyl (C=O) groups excluding carboxylic acids is 7. The maximum Gasteiger partial charge on any atom is 0.330 e. The third-order valence-corrected chi connectivity index (χ3v) is 23.0. The van der Waals surface area contributed by atoms with Crippen molar-refractivity contribution in [1.82, 2.24) is 47.3 Å². The average Bonchev–Trinajstić information content (AvgIpc) is 0.753. The number of nitrogens with two attached hydrogens (primary N) is 2. The van der Waals surface area contributed by atoms with Gasteiger partial charge in [-0.3, -0.25) is 33.6 Å². The van der Waals surface area contributed by atoms with E-state index in [1.54, 1.807) is 13.8 Å². The first kappa shape index (κ1) is 87.2. The highest BCUT2D eigenvalue weighted by atomic mass is 35.5. The Hall–Kier alpha value is -9.62. The van der Waals surface area contributed by atoms with Crippen LogP contribution in [-0.4, -0.2) is 212 Å². The second-order valence-electron chi connectivity index (χ2n) is 30.4. The van der Waals surface area contributed by atoms with E-state index >= 15 is 24.0 Å². The number of aliphatic hydroxyl groups excluding tert-OH is 6. The van der Waals surface area contributed by atoms with Crippen LogP contribution >= 0.6 is 11.6 Å². The number of carbonyl (C=O) groups is 8. The largest absolute Gasteiger partial charge is 0.507 e. The molecule has 0 aliphatic carbocycles. The quantitative estimate of drug-likeness (QED) is 0.0404. The number of unbranched alkanes of at least 4 members (excludes halogenated alkanes) is 5. The van der Waals surface area contributed by atoms with Crippen molar-refractivity contribution in [3.05, 3.63) is 117 Å². The molecule has 1 unspecified atom stereocenters. The molecular formula is C77H98ClN11O26S. The van der Waals surface area contributed by atoms with Gasteiger partial charge in [0.2, 0.25) is 63.4 Å². The Morgan fingerprint density at radius 1 is 0.707 bits per heavy atom. The fourth-order valence-electron chi connectivity index (χ4n) is 14.9. The lowest BCUT2D eigenvalue weighted by Gasteiger charge is -2.48. The van der Waals surface area contributed by atoms with Crippen LogP contribution < -0.4 is 72.9 Å². The van der Waals surface area contributed by atoms with Gasteiger partial charge in [0, 0.05) is 53.8 Å². The lowest BCUT2D eigenvalue weighted by Crippen LogP contribution is -2.64. The molecular weight excluding hydrogens is 1560 g/mol. The van der Waals surface area contributed by atoms with E-state index in [-0.39, 0.29) is 60.0 Å². The zero-order chi connectivity index (χ0) is 84.3. The number of aliphatic carboxylic acids is 1. The number of rotatable bonds is 23. The number of amides is 7. The standard InChI is InChI=1S/C77H98ClN11O26S/c1-7-8-9-10-11-12-21-116(108,109)83-20-19-82-31-41-46(91)28-40-53(61(41)95)38-23-34(13-16-45(38)90)54-71(102)89-58(74(105)87-56(40)75(106)107)60(94)36-15-18-48(42(78)25-36)112-50-27-37-26-49-65(50)114-76-67(113-52-30-77(5,80)68(99)33(4)110-52)64(98)63(97)66(115-76)62(96)39-24-35(14-17-47(39)111-49)59(93)57(88-69(100)43(81-6)22-32(2)3)73(104)84-44(29-51(79)92)70(101)85-55(37)72(103)86-54/h13-18,23-28,32-33,43-44,52,54-60,62-64,66-68,76,81-83,90-91,93-99H,7-12,19-22,29-31,80H2,1-6H3,(H2,79,92)(H,84,104)(H,85,101)(H,86,103)(H,87,105)(H,88,100)(H,89,102)(H,106,107)/t33-,43+,44-,52-,54+,55+,56-,57+,58-,59+,60+,62?,63-,64-,66+,67+,68+,76+,77-/m0/s1. The molecule has 19 atom stereocenters. The second kappa shape index (κ2) is 36.5. The first-order valence-electron chi connectivity index (χ1n) is 38.0. The molecule has 23 N–H and O–H groups in total. The fourth-order valence-corrected chi connectivity index (χ4v) is 16.3. The van der Waals surface area contributed by atoms with E-state index in [4.69, 9.17) is 51.5 Å². The van der Waals surface area contributed by atoms with E-state index in [1.165, 1.54) is 33.0 Å². The van der Waals surface area contributed by atoms with Gasteiger partial charge < -0.3 is 133 Å². The van der Waals surface area contributed by atoms with Crippen molar-refractivity contribution >= 4 is 68.9 Å². The van der Waals surface area contributed by atoms with Crippen LogP contribution in [-0.2, 0) is 69.1 Å². The summed E-state index contributed by atoms with van der Waals surface area (Å²) in [4.78, 5) is 119. The van der Waals surface area contributed by atoms with Gasteiger partial charge in [-0.25, -0.2) is 17.9 Å². The molecule has 630 valence electrons. The molecule has 5 aromatic carbocycles. The molecule has 116 heavy (non-hydrogen) atoms. The van der Waals surface area contributed by atoms with Gasteiger partial charge in [-0.05, 0) is 117 Å². The third-order valence-electron chi connectivity index (χ3n) is 21.2. The lowest BCUT2D eigenvalue weighted by atomic mass is 9.86. The molecule has 8 aliphatic heterocycles. The Kier molecular flexibility index (Phi) is 27.4. The molecule has 13 rings (SSSR count). The summed E-state index contributed by atoms with van der Waals surface area (Å²) in [6.07, 6.45) is -16.9. The molecule has 2 saturated heterocycles. The maximum absolute atomic E-state index is 16.3. The van der Waals surface area contributed by atoms with E-state index in [1.807, 2.05) is 0 Å². The number of likely N-dealkylation sites (N-methyl/N-ethyl adjacent to an activating group) is 1. The van der Waals surface area contributed by atoms with Crippen LogP contribution in [0.25, 0.3) is 11.1 Å². The number of fused-ring (bicyclic) bond motifs is 16. The number of nitrogens with one attached hydrogen (secondary N) is 9. The molecule has 37 nitrogen and oxygen atoms in total. The number of phenolic OH excluding ortho intramolecular Hbond substituents is 3. The topological polar surface area (TPSA) is 589 Å². The van der Waals surface area contributed by atoms with Crippen molar-refractivity contribution in [2.45, 2.75) is 214 Å². The van der Waals surface area contributed by atoms with Crippen molar-refractivity contribution < 1.29 is 126 Å². The van der Waals surface area contributed by atoms with Gasteiger partial charge in [-0.1, -0.05) is 82.7 Å². The first-order chi connectivity index (χ1) is 54.9. The normalized spacial score (nSPS) is 28.3. The van der Waals surface area contributed by atoms with Gasteiger partial charge in [0.25, 0.3) is 0 Å². The summed E-state index contributed by atoms with van der Waals surface area (Å²) >= 11 is 7.12. The van der Waals surface area contributed by atoms with Gasteiger partial charge in [-0.15, -0.1) is 0 Å². The summed E-state index contributed by atoms with van der Waals surface area (Å²) in [5.41, 5.74) is 6.94. The number of aliphatic hydroxyl groups is 6. The van der Waals surface area contributed by atoms with Crippen LogP contribution in [0.15, 0.2) is 72.8 Å². The number of hydrogen-bond acceptors (Lipinski definition) is 28. The van der Waals surface area contributed by atoms with E-state index in [0.717, 1.165) is 86.3 Å². The van der Waals surface area contributed by atoms with Gasteiger partial charge >= 0.3 is 5.97 Å². The second-order valence-corrected chi connectivity index (χ2v) is 32.8.